The van der Waals surface area contributed by atoms with E-state index in [0.717, 1.165) is 6.07 Å². The molecule has 0 aliphatic heterocycles. The Morgan fingerprint density at radius 2 is 2.25 bits per heavy atom. The third-order valence-corrected chi connectivity index (χ3v) is 2.03. The highest BCUT2D eigenvalue weighted by atomic mass is 35.5. The van der Waals surface area contributed by atoms with Crippen LogP contribution in [0.5, 0.6) is 5.75 Å². The van der Waals surface area contributed by atoms with Crippen molar-refractivity contribution >= 4 is 23.2 Å². The number of aromatic hydroxyl groups is 1. The summed E-state index contributed by atoms with van der Waals surface area (Å²) >= 11 is 5.49. The van der Waals surface area contributed by atoms with E-state index in [0.29, 0.717) is 0 Å². The average Bonchev–Trinajstić information content (AvgIpc) is 2.26. The molecule has 0 saturated carbocycles. The number of carbonyl (C=O) groups excluding carboxylic acids is 1. The van der Waals surface area contributed by atoms with Gasteiger partial charge in [0.15, 0.2) is 16.6 Å². The maximum absolute atomic E-state index is 11.2. The summed E-state index contributed by atoms with van der Waals surface area (Å²) in [4.78, 5) is 24.7. The van der Waals surface area contributed by atoms with Gasteiger partial charge in [-0.05, 0) is 0 Å². The van der Waals surface area contributed by atoms with Crippen molar-refractivity contribution in [2.45, 2.75) is 0 Å². The maximum atomic E-state index is 11.2. The molecule has 0 spiro atoms. The lowest BCUT2D eigenvalue weighted by atomic mass is 10.2. The Morgan fingerprint density at radius 3 is 2.69 bits per heavy atom. The minimum atomic E-state index is -0.788. The molecule has 0 aromatic carbocycles. The molecule has 0 unspecified atom stereocenters. The fourth-order valence-electron chi connectivity index (χ4n) is 0.989. The summed E-state index contributed by atoms with van der Waals surface area (Å²) in [5.74, 6) is -1.38. The van der Waals surface area contributed by atoms with E-state index in [1.54, 1.807) is 0 Å². The van der Waals surface area contributed by atoms with Crippen molar-refractivity contribution in [3.8, 4) is 5.75 Å². The van der Waals surface area contributed by atoms with E-state index >= 15 is 0 Å². The first-order valence-electron chi connectivity index (χ1n) is 4.07. The molecule has 8 heteroatoms. The minimum Gasteiger partial charge on any atom is -0.502 e. The summed E-state index contributed by atoms with van der Waals surface area (Å²) in [5, 5.41) is 22.3. The van der Waals surface area contributed by atoms with Crippen LogP contribution in [0.4, 0.5) is 0 Å². The van der Waals surface area contributed by atoms with Gasteiger partial charge in [0, 0.05) is 13.1 Å². The lowest BCUT2D eigenvalue weighted by molar-refractivity contribution is -0.114. The van der Waals surface area contributed by atoms with Gasteiger partial charge in [0.1, 0.15) is 0 Å². The van der Waals surface area contributed by atoms with Gasteiger partial charge in [-0.3, -0.25) is 9.59 Å². The molecule has 1 rings (SSSR count). The molecule has 0 radical (unpaired) electrons. The standard InChI is InChI=1S/C8H8ClN3O4/c1-10-8(15)5(12-16)3-2-4(13)6(14)7(9)11-3/h2,14,16H,1H3,(H,10,15)(H,11,13). The molecule has 7 nitrogen and oxygen atoms in total. The number of amides is 1. The maximum Gasteiger partial charge on any atom is 0.275 e. The molecule has 4 N–H and O–H groups in total. The molecule has 0 bridgehead atoms. The number of carbonyl (C=O) groups is 1. The quantitative estimate of drug-likeness (QED) is 0.247. The van der Waals surface area contributed by atoms with Gasteiger partial charge < -0.3 is 20.6 Å². The first kappa shape index (κ1) is 12.1. The molecule has 0 saturated heterocycles. The van der Waals surface area contributed by atoms with E-state index < -0.39 is 22.8 Å². The van der Waals surface area contributed by atoms with Crippen LogP contribution in [0.15, 0.2) is 16.0 Å². The van der Waals surface area contributed by atoms with Crippen molar-refractivity contribution in [3.05, 3.63) is 27.1 Å². The number of hydrogen-bond acceptors (Lipinski definition) is 5. The first-order valence-corrected chi connectivity index (χ1v) is 4.45. The highest BCUT2D eigenvalue weighted by molar-refractivity contribution is 6.44. The number of aromatic nitrogens is 1. The van der Waals surface area contributed by atoms with Gasteiger partial charge in [0.25, 0.3) is 5.91 Å². The highest BCUT2D eigenvalue weighted by Gasteiger charge is 2.17. The van der Waals surface area contributed by atoms with Gasteiger partial charge in [-0.1, -0.05) is 16.8 Å². The molecule has 86 valence electrons. The second-order valence-corrected chi connectivity index (χ2v) is 3.12. The minimum absolute atomic E-state index is 0.102. The zero-order valence-corrected chi connectivity index (χ0v) is 8.87. The van der Waals surface area contributed by atoms with Crippen molar-refractivity contribution in [1.29, 1.82) is 0 Å². The van der Waals surface area contributed by atoms with Gasteiger partial charge >= 0.3 is 0 Å². The third-order valence-electron chi connectivity index (χ3n) is 1.76. The zero-order valence-electron chi connectivity index (χ0n) is 8.11. The summed E-state index contributed by atoms with van der Waals surface area (Å²) in [6, 6.07) is 0.894. The summed E-state index contributed by atoms with van der Waals surface area (Å²) in [5.41, 5.74) is -1.31. The molecule has 0 atom stereocenters. The Bertz CT molecular complexity index is 508. The fourth-order valence-corrected chi connectivity index (χ4v) is 1.18. The van der Waals surface area contributed by atoms with Crippen molar-refractivity contribution in [2.75, 3.05) is 7.05 Å². The number of pyridine rings is 1. The number of oxime groups is 1. The van der Waals surface area contributed by atoms with E-state index in [1.165, 1.54) is 7.05 Å². The molecule has 0 fully saturated rings. The van der Waals surface area contributed by atoms with Crippen LogP contribution in [0.25, 0.3) is 0 Å². The predicted octanol–water partition coefficient (Wildman–Crippen LogP) is -0.342. The molecular formula is C8H8ClN3O4. The van der Waals surface area contributed by atoms with Gasteiger partial charge in [-0.25, -0.2) is 0 Å². The largest absolute Gasteiger partial charge is 0.502 e. The summed E-state index contributed by atoms with van der Waals surface area (Å²) < 4.78 is 0. The van der Waals surface area contributed by atoms with Crippen LogP contribution >= 0.6 is 11.6 Å². The van der Waals surface area contributed by atoms with Crippen LogP contribution in [-0.2, 0) is 4.79 Å². The zero-order chi connectivity index (χ0) is 12.3. The molecule has 1 aromatic heterocycles. The highest BCUT2D eigenvalue weighted by Crippen LogP contribution is 2.15. The predicted molar refractivity (Wildman–Crippen MR) is 56.1 cm³/mol. The van der Waals surface area contributed by atoms with Gasteiger partial charge in [0.05, 0.1) is 5.69 Å². The van der Waals surface area contributed by atoms with Crippen molar-refractivity contribution in [1.82, 2.24) is 10.3 Å². The fraction of sp³-hybridized carbons (Fsp3) is 0.125. The Kier molecular flexibility index (Phi) is 3.51. The second-order valence-electron chi connectivity index (χ2n) is 2.74. The summed E-state index contributed by atoms with van der Waals surface area (Å²) in [7, 11) is 1.33. The first-order chi connectivity index (χ1) is 7.51. The molecule has 1 amide bonds. The number of halogens is 1. The Labute approximate surface area is 94.4 Å². The van der Waals surface area contributed by atoms with Gasteiger partial charge in [-0.15, -0.1) is 0 Å². The van der Waals surface area contributed by atoms with Crippen molar-refractivity contribution in [2.24, 2.45) is 5.16 Å². The van der Waals surface area contributed by atoms with E-state index in [1.807, 2.05) is 0 Å². The van der Waals surface area contributed by atoms with E-state index in [4.69, 9.17) is 21.9 Å². The number of nitrogens with one attached hydrogen (secondary N) is 2. The van der Waals surface area contributed by atoms with E-state index in [9.17, 15) is 9.59 Å². The molecule has 1 aromatic rings. The molecule has 0 aliphatic carbocycles. The molecule has 1 heterocycles. The van der Waals surface area contributed by atoms with Crippen LogP contribution in [0.3, 0.4) is 0 Å². The Hall–Kier alpha value is -2.02. The summed E-state index contributed by atoms with van der Waals surface area (Å²) in [6.45, 7) is 0. The molecular weight excluding hydrogens is 238 g/mol. The van der Waals surface area contributed by atoms with Crippen LogP contribution in [0.1, 0.15) is 5.69 Å². The smallest absolute Gasteiger partial charge is 0.275 e. The number of likely N-dealkylation sites (N-methyl/N-ethyl adjacent to an activating group) is 1. The van der Waals surface area contributed by atoms with Crippen LogP contribution in [0.2, 0.25) is 5.15 Å². The normalized spacial score (nSPS) is 11.2. The number of rotatable bonds is 2. The monoisotopic (exact) mass is 245 g/mol. The second kappa shape index (κ2) is 4.67. The van der Waals surface area contributed by atoms with E-state index in [-0.39, 0.29) is 10.8 Å². The third kappa shape index (κ3) is 2.14. The van der Waals surface area contributed by atoms with Crippen molar-refractivity contribution < 1.29 is 15.1 Å². The number of hydrogen-bond donors (Lipinski definition) is 4. The number of aromatic amines is 1. The number of nitrogens with zero attached hydrogens (tertiary/aromatic N) is 1. The Morgan fingerprint density at radius 1 is 1.62 bits per heavy atom. The van der Waals surface area contributed by atoms with Crippen molar-refractivity contribution in [3.63, 3.8) is 0 Å². The lowest BCUT2D eigenvalue weighted by Gasteiger charge is -2.04. The van der Waals surface area contributed by atoms with Crippen LogP contribution in [-0.4, -0.2) is 34.0 Å². The lowest BCUT2D eigenvalue weighted by Crippen LogP contribution is -2.29. The topological polar surface area (TPSA) is 115 Å². The van der Waals surface area contributed by atoms with Crippen LogP contribution in [0, 0.1) is 0 Å². The van der Waals surface area contributed by atoms with E-state index in [2.05, 4.69) is 15.5 Å². The number of H-pyrrole nitrogens is 1. The summed E-state index contributed by atoms with van der Waals surface area (Å²) in [6.07, 6.45) is 0. The molecule has 0 aliphatic rings. The van der Waals surface area contributed by atoms with Gasteiger partial charge in [-0.2, -0.15) is 0 Å². The average molecular weight is 246 g/mol. The molecule has 16 heavy (non-hydrogen) atoms. The Balaban J connectivity index is 3.34. The van der Waals surface area contributed by atoms with Gasteiger partial charge in [0.2, 0.25) is 5.43 Å². The SMILES string of the molecule is CNC(=O)C(=NO)c1cc(=O)c(O)c(Cl)[nH]1. The van der Waals surface area contributed by atoms with Crippen LogP contribution < -0.4 is 10.7 Å².